The third-order valence-electron chi connectivity index (χ3n) is 17.8. The van der Waals surface area contributed by atoms with Gasteiger partial charge in [-0.1, -0.05) is 58.9 Å². The molecule has 286 valence electrons. The van der Waals surface area contributed by atoms with Crippen molar-refractivity contribution in [3.05, 3.63) is 35.5 Å². The van der Waals surface area contributed by atoms with Crippen LogP contribution in [0, 0.1) is 56.7 Å². The first-order valence-corrected chi connectivity index (χ1v) is 22.6. The van der Waals surface area contributed by atoms with Crippen molar-refractivity contribution in [3.63, 3.8) is 0 Å². The van der Waals surface area contributed by atoms with Gasteiger partial charge in [0.15, 0.2) is 0 Å². The first-order chi connectivity index (χ1) is 23.9. The molecule has 0 unspecified atom stereocenters. The Balaban J connectivity index is 1.13. The minimum Gasteiger partial charge on any atom is -0.481 e. The van der Waals surface area contributed by atoms with Crippen LogP contribution < -0.4 is 5.32 Å². The number of fused-ring (bicyclic) bond motifs is 7. The minimum atomic E-state index is -1.87. The number of carboxylic acid groups (broad SMARTS) is 1. The second-order valence-electron chi connectivity index (χ2n) is 20.2. The lowest BCUT2D eigenvalue weighted by atomic mass is 9.33. The van der Waals surface area contributed by atoms with Crippen LogP contribution in [-0.4, -0.2) is 76.0 Å². The molecule has 0 amide bonds. The number of nitrogens with zero attached hydrogens (tertiary/aromatic N) is 1. The molecule has 1 heterocycles. The normalized spacial score (nSPS) is 46.1. The van der Waals surface area contributed by atoms with Gasteiger partial charge >= 0.3 is 5.97 Å². The molecule has 0 aromatic heterocycles. The maximum absolute atomic E-state index is 14.0. The van der Waals surface area contributed by atoms with Gasteiger partial charge in [0.05, 0.1) is 5.41 Å². The summed E-state index contributed by atoms with van der Waals surface area (Å²) in [6.45, 7) is 23.0. The number of carbonyl (C=O) groups is 1. The van der Waals surface area contributed by atoms with Crippen molar-refractivity contribution in [1.29, 1.82) is 0 Å². The summed E-state index contributed by atoms with van der Waals surface area (Å²) in [7, 11) is -1.87. The van der Waals surface area contributed by atoms with Crippen LogP contribution in [-0.2, 0) is 14.3 Å². The Morgan fingerprint density at radius 1 is 0.961 bits per heavy atom. The second-order valence-corrected chi connectivity index (χ2v) is 22.9. The van der Waals surface area contributed by atoms with Crippen molar-refractivity contribution < 1.29 is 18.5 Å². The number of rotatable bonds is 8. The summed E-state index contributed by atoms with van der Waals surface area (Å²) in [5, 5.41) is 14.1. The van der Waals surface area contributed by atoms with E-state index in [-0.39, 0.29) is 27.2 Å². The summed E-state index contributed by atoms with van der Waals surface area (Å²) in [5.74, 6) is 7.60. The lowest BCUT2D eigenvalue weighted by molar-refractivity contribution is -0.221. The van der Waals surface area contributed by atoms with Crippen LogP contribution >= 0.6 is 0 Å². The van der Waals surface area contributed by atoms with E-state index in [1.807, 2.05) is 0 Å². The fourth-order valence-electron chi connectivity index (χ4n) is 14.6. The number of aliphatic carboxylic acids is 1. The van der Waals surface area contributed by atoms with Crippen LogP contribution in [0.1, 0.15) is 119 Å². The first-order valence-electron chi connectivity index (χ1n) is 20.5. The predicted octanol–water partition coefficient (Wildman–Crippen LogP) is 8.71. The Kier molecular flexibility index (Phi) is 9.52. The van der Waals surface area contributed by atoms with Crippen LogP contribution in [0.4, 0.5) is 4.39 Å². The van der Waals surface area contributed by atoms with Gasteiger partial charge in [0.25, 0.3) is 0 Å². The van der Waals surface area contributed by atoms with Crippen molar-refractivity contribution in [2.75, 3.05) is 44.4 Å². The maximum Gasteiger partial charge on any atom is 0.312 e. The van der Waals surface area contributed by atoms with E-state index in [1.54, 1.807) is 0 Å². The molecule has 7 heteroatoms. The van der Waals surface area contributed by atoms with E-state index in [9.17, 15) is 18.5 Å². The zero-order chi connectivity index (χ0) is 36.8. The Morgan fingerprint density at radius 3 is 2.31 bits per heavy atom. The molecule has 0 spiro atoms. The van der Waals surface area contributed by atoms with Gasteiger partial charge in [-0.25, -0.2) is 4.39 Å². The van der Waals surface area contributed by atoms with Gasteiger partial charge in [0, 0.05) is 43.2 Å². The SMILES string of the molecule is C=C(C)[C@@H]1CC[C@]2(NCCN3CCS(=C)(=O)CC3)CC[C@]3(C)[C@H](CC[C@@H]4[C@@]5(C)CC=C(C6=CC[C@](CF)(C(=O)O)CC6)C(C)(C)[C@@H]5CC[C@]43C)[C@@H]12. The summed E-state index contributed by atoms with van der Waals surface area (Å²) < 4.78 is 26.5. The zero-order valence-corrected chi connectivity index (χ0v) is 33.7. The molecule has 7 rings (SSSR count). The van der Waals surface area contributed by atoms with E-state index < -0.39 is 27.6 Å². The summed E-state index contributed by atoms with van der Waals surface area (Å²) >= 11 is 0. The van der Waals surface area contributed by atoms with Crippen molar-refractivity contribution in [1.82, 2.24) is 10.2 Å². The molecule has 0 aromatic carbocycles. The molecule has 5 nitrogen and oxygen atoms in total. The molecular weight excluding hydrogens is 656 g/mol. The molecule has 4 saturated carbocycles. The highest BCUT2D eigenvalue weighted by Crippen LogP contribution is 2.76. The molecule has 2 N–H and O–H groups in total. The Labute approximate surface area is 309 Å². The highest BCUT2D eigenvalue weighted by Gasteiger charge is 2.70. The Hall–Kier alpha value is -1.44. The van der Waals surface area contributed by atoms with Crippen molar-refractivity contribution in [2.24, 2.45) is 56.7 Å². The van der Waals surface area contributed by atoms with E-state index in [0.29, 0.717) is 48.9 Å². The molecule has 7 aliphatic rings. The molecule has 6 aliphatic carbocycles. The number of carboxylic acids is 1. The third kappa shape index (κ3) is 5.73. The van der Waals surface area contributed by atoms with Crippen LogP contribution in [0.3, 0.4) is 0 Å². The topological polar surface area (TPSA) is 69.6 Å². The number of halogens is 1. The number of alkyl halides is 1. The van der Waals surface area contributed by atoms with E-state index in [2.05, 4.69) is 76.4 Å². The molecular formula is C44H69FN2O3S. The molecule has 5 fully saturated rings. The second kappa shape index (κ2) is 12.8. The summed E-state index contributed by atoms with van der Waals surface area (Å²) in [4.78, 5) is 14.5. The average molecular weight is 725 g/mol. The highest BCUT2D eigenvalue weighted by molar-refractivity contribution is 8.00. The third-order valence-corrected chi connectivity index (χ3v) is 19.6. The van der Waals surface area contributed by atoms with Gasteiger partial charge in [0.2, 0.25) is 0 Å². The Bertz CT molecular complexity index is 1590. The number of hydrogen-bond acceptors (Lipinski definition) is 4. The van der Waals surface area contributed by atoms with E-state index in [0.717, 1.165) is 44.1 Å². The molecule has 0 bridgehead atoms. The zero-order valence-electron chi connectivity index (χ0n) is 32.9. The predicted molar refractivity (Wildman–Crippen MR) is 210 cm³/mol. The van der Waals surface area contributed by atoms with E-state index in [1.165, 1.54) is 68.1 Å². The monoisotopic (exact) mass is 725 g/mol. The van der Waals surface area contributed by atoms with Gasteiger partial charge in [-0.15, -0.1) is 0 Å². The lowest BCUT2D eigenvalue weighted by Gasteiger charge is -2.72. The number of allylic oxidation sites excluding steroid dienone is 5. The van der Waals surface area contributed by atoms with E-state index in [4.69, 9.17) is 0 Å². The number of nitrogens with one attached hydrogen (secondary N) is 1. The summed E-state index contributed by atoms with van der Waals surface area (Å²) in [6, 6.07) is 0. The largest absolute Gasteiger partial charge is 0.481 e. The van der Waals surface area contributed by atoms with Crippen LogP contribution in [0.5, 0.6) is 0 Å². The van der Waals surface area contributed by atoms with Crippen molar-refractivity contribution in [3.8, 4) is 0 Å². The van der Waals surface area contributed by atoms with Crippen LogP contribution in [0.15, 0.2) is 35.5 Å². The molecule has 51 heavy (non-hydrogen) atoms. The molecule has 1 aliphatic heterocycles. The van der Waals surface area contributed by atoms with Crippen molar-refractivity contribution >= 4 is 21.4 Å². The standard InChI is InChI=1S/C44H69FN2O3S/c1-30(2)32-13-20-44(46-23-24-47-25-27-51(8,50)28-26-47)22-21-41(6)34(37(32)44)9-10-36-40(5)16-14-33(39(3,4)35(40)15-17-42(36,41)7)31-11-18-43(29-45,19-12-31)38(48)49/h11,14,32,34-37,46H,1,8-10,12-13,15-29H2,2-7H3,(H,48,49)/t32-,34+,35-,36+,37+,40-,41+,42+,43-,44-/m0/s1. The van der Waals surface area contributed by atoms with Crippen LogP contribution in [0.25, 0.3) is 0 Å². The van der Waals surface area contributed by atoms with Crippen molar-refractivity contribution in [2.45, 2.75) is 124 Å². The lowest BCUT2D eigenvalue weighted by Crippen LogP contribution is -2.68. The summed E-state index contributed by atoms with van der Waals surface area (Å²) in [6.07, 6.45) is 17.2. The minimum absolute atomic E-state index is 0.00249. The molecule has 0 aromatic rings. The smallest absolute Gasteiger partial charge is 0.312 e. The molecule has 0 radical (unpaired) electrons. The maximum atomic E-state index is 14.0. The number of hydrogen-bond donors (Lipinski definition) is 2. The fourth-order valence-corrected chi connectivity index (χ4v) is 16.0. The highest BCUT2D eigenvalue weighted by atomic mass is 32.2. The first kappa shape index (κ1) is 37.9. The summed E-state index contributed by atoms with van der Waals surface area (Å²) in [5.41, 5.74) is 3.79. The molecule has 1 saturated heterocycles. The van der Waals surface area contributed by atoms with E-state index >= 15 is 0 Å². The van der Waals surface area contributed by atoms with Gasteiger partial charge < -0.3 is 15.3 Å². The van der Waals surface area contributed by atoms with Crippen LogP contribution in [0.2, 0.25) is 0 Å². The molecule has 10 atom stereocenters. The Morgan fingerprint density at radius 2 is 1.69 bits per heavy atom. The van der Waals surface area contributed by atoms with Gasteiger partial charge in [-0.3, -0.25) is 9.00 Å². The van der Waals surface area contributed by atoms with Gasteiger partial charge in [-0.05, 0) is 162 Å². The fraction of sp³-hybridized carbons (Fsp3) is 0.818. The quantitative estimate of drug-likeness (QED) is 0.194. The van der Waals surface area contributed by atoms with Gasteiger partial charge in [0.1, 0.15) is 6.67 Å². The average Bonchev–Trinajstić information content (AvgIpc) is 3.46. The van der Waals surface area contributed by atoms with Gasteiger partial charge in [-0.2, -0.15) is 0 Å².